The molecule has 2 aliphatic heterocycles. The van der Waals surface area contributed by atoms with Crippen LogP contribution in [0.5, 0.6) is 0 Å². The molecule has 4 rings (SSSR count). The molecule has 1 saturated heterocycles. The van der Waals surface area contributed by atoms with Gasteiger partial charge in [-0.1, -0.05) is 59.0 Å². The monoisotopic (exact) mass is 442 g/mol. The molecule has 0 N–H and O–H groups in total. The second kappa shape index (κ2) is 9.83. The molecule has 0 aromatic heterocycles. The number of piperidine rings is 1. The molecule has 0 bridgehead atoms. The Labute approximate surface area is 185 Å². The molecule has 0 radical (unpaired) electrons. The number of alkyl halides is 2. The predicted octanol–water partition coefficient (Wildman–Crippen LogP) is 5.22. The fraction of sp³-hybridized carbons (Fsp3) is 0.375. The lowest BCUT2D eigenvalue weighted by Gasteiger charge is -2.37. The fourth-order valence-electron chi connectivity index (χ4n) is 3.96. The van der Waals surface area contributed by atoms with Crippen molar-refractivity contribution < 1.29 is 8.78 Å². The van der Waals surface area contributed by atoms with E-state index in [1.165, 1.54) is 5.69 Å². The van der Waals surface area contributed by atoms with Crippen LogP contribution in [0, 0.1) is 0 Å². The molecule has 2 aromatic rings. The van der Waals surface area contributed by atoms with Gasteiger partial charge in [-0.3, -0.25) is 0 Å². The van der Waals surface area contributed by atoms with Crippen LogP contribution in [0.3, 0.4) is 0 Å². The summed E-state index contributed by atoms with van der Waals surface area (Å²) in [6.07, 6.45) is -0.101. The Kier molecular flexibility index (Phi) is 6.92. The largest absolute Gasteiger partial charge is 0.318 e. The first-order valence-corrected chi connectivity index (χ1v) is 12.0. The maximum Gasteiger partial charge on any atom is 0.278 e. The zero-order valence-electron chi connectivity index (χ0n) is 17.8. The van der Waals surface area contributed by atoms with Gasteiger partial charge in [-0.15, -0.1) is 0 Å². The Morgan fingerprint density at radius 1 is 1.06 bits per heavy atom. The molecule has 1 atom stereocenters. The molecule has 0 spiro atoms. The van der Waals surface area contributed by atoms with E-state index in [9.17, 15) is 8.78 Å². The zero-order valence-corrected chi connectivity index (χ0v) is 18.6. The van der Waals surface area contributed by atoms with Gasteiger partial charge >= 0.3 is 0 Å². The van der Waals surface area contributed by atoms with E-state index >= 15 is 0 Å². The predicted molar refractivity (Wildman–Crippen MR) is 129 cm³/mol. The van der Waals surface area contributed by atoms with Crippen LogP contribution in [0.15, 0.2) is 64.8 Å². The SMILES string of the molecule is C=S(C1CCN(C)CC1)N(Cc1ccc(C2=NN=C(C(F)F)C2)cc1)c1ccccc1. The lowest BCUT2D eigenvalue weighted by atomic mass is 10.0. The highest BCUT2D eigenvalue weighted by Gasteiger charge is 2.24. The maximum absolute atomic E-state index is 12.8. The molecule has 2 aromatic carbocycles. The van der Waals surface area contributed by atoms with Gasteiger partial charge in [0.2, 0.25) is 0 Å². The Morgan fingerprint density at radius 2 is 1.74 bits per heavy atom. The first-order chi connectivity index (χ1) is 15.0. The summed E-state index contributed by atoms with van der Waals surface area (Å²) in [4.78, 5) is 2.38. The minimum atomic E-state index is -2.55. The lowest BCUT2D eigenvalue weighted by Crippen LogP contribution is -2.34. The average molecular weight is 443 g/mol. The summed E-state index contributed by atoms with van der Waals surface area (Å²) in [5, 5.41) is 8.14. The van der Waals surface area contributed by atoms with Crippen molar-refractivity contribution in [2.75, 3.05) is 24.4 Å². The normalized spacial score (nSPS) is 18.7. The van der Waals surface area contributed by atoms with Gasteiger partial charge in [-0.2, -0.15) is 10.2 Å². The summed E-state index contributed by atoms with van der Waals surface area (Å²) in [7, 11) is 2.03. The topological polar surface area (TPSA) is 31.2 Å². The molecule has 164 valence electrons. The van der Waals surface area contributed by atoms with E-state index < -0.39 is 6.43 Å². The van der Waals surface area contributed by atoms with Crippen molar-refractivity contribution in [3.05, 3.63) is 65.7 Å². The minimum absolute atomic E-state index is 0.117. The van der Waals surface area contributed by atoms with Gasteiger partial charge in [0.1, 0.15) is 5.71 Å². The van der Waals surface area contributed by atoms with E-state index in [1.54, 1.807) is 0 Å². The van der Waals surface area contributed by atoms with E-state index in [1.807, 2.05) is 18.2 Å². The number of rotatable bonds is 7. The van der Waals surface area contributed by atoms with Crippen molar-refractivity contribution >= 4 is 33.7 Å². The Morgan fingerprint density at radius 3 is 2.35 bits per heavy atom. The number of hydrogen-bond donors (Lipinski definition) is 0. The van der Waals surface area contributed by atoms with Crippen LogP contribution in [-0.2, 0) is 6.54 Å². The van der Waals surface area contributed by atoms with E-state index in [4.69, 9.17) is 0 Å². The first-order valence-electron chi connectivity index (χ1n) is 10.6. The molecule has 4 nitrogen and oxygen atoms in total. The van der Waals surface area contributed by atoms with Gasteiger partial charge in [0.15, 0.2) is 0 Å². The number of hydrogen-bond acceptors (Lipinski definition) is 4. The number of anilines is 1. The van der Waals surface area contributed by atoms with Crippen molar-refractivity contribution in [3.8, 4) is 0 Å². The van der Waals surface area contributed by atoms with E-state index in [-0.39, 0.29) is 22.8 Å². The maximum atomic E-state index is 12.8. The second-order valence-corrected chi connectivity index (χ2v) is 10.00. The molecule has 0 amide bonds. The summed E-state index contributed by atoms with van der Waals surface area (Å²) in [6, 6.07) is 18.5. The Balaban J connectivity index is 1.49. The fourth-order valence-corrected chi connectivity index (χ4v) is 5.78. The number of halogens is 2. The first kappa shape index (κ1) is 21.8. The van der Waals surface area contributed by atoms with Gasteiger partial charge in [0.05, 0.1) is 12.3 Å². The lowest BCUT2D eigenvalue weighted by molar-refractivity contribution is 0.224. The number of likely N-dealkylation sites (tertiary alicyclic amines) is 1. The molecule has 2 heterocycles. The summed E-state index contributed by atoms with van der Waals surface area (Å²) >= 11 is 0. The number of para-hydroxylation sites is 1. The smallest absolute Gasteiger partial charge is 0.278 e. The Hall–Kier alpha value is -2.38. The molecule has 31 heavy (non-hydrogen) atoms. The molecule has 1 fully saturated rings. The van der Waals surface area contributed by atoms with Crippen molar-refractivity contribution in [2.24, 2.45) is 10.2 Å². The van der Waals surface area contributed by atoms with Gasteiger partial charge in [-0.25, -0.2) is 8.78 Å². The van der Waals surface area contributed by atoms with Crippen LogP contribution >= 0.6 is 10.7 Å². The molecular weight excluding hydrogens is 414 g/mol. The van der Waals surface area contributed by atoms with Crippen molar-refractivity contribution in [1.29, 1.82) is 0 Å². The van der Waals surface area contributed by atoms with Gasteiger partial charge < -0.3 is 9.21 Å². The van der Waals surface area contributed by atoms with Crippen molar-refractivity contribution in [2.45, 2.75) is 37.5 Å². The molecule has 1 unspecified atom stereocenters. The highest BCUT2D eigenvalue weighted by molar-refractivity contribution is 8.15. The Bertz CT molecular complexity index is 965. The zero-order chi connectivity index (χ0) is 21.8. The van der Waals surface area contributed by atoms with Crippen LogP contribution in [0.2, 0.25) is 0 Å². The van der Waals surface area contributed by atoms with E-state index in [0.29, 0.717) is 11.0 Å². The van der Waals surface area contributed by atoms with Gasteiger partial charge in [0.25, 0.3) is 6.43 Å². The summed E-state index contributed by atoms with van der Waals surface area (Å²) in [5.74, 6) is 4.59. The van der Waals surface area contributed by atoms with Crippen molar-refractivity contribution in [3.63, 3.8) is 0 Å². The molecular formula is C24H28F2N4S. The number of benzene rings is 2. The molecule has 2 aliphatic rings. The number of nitrogens with zero attached hydrogens (tertiary/aromatic N) is 4. The minimum Gasteiger partial charge on any atom is -0.318 e. The quantitative estimate of drug-likeness (QED) is 0.551. The standard InChI is InChI=1S/C24H28F2N4S/c1-29-14-12-21(13-15-29)31(2)30(20-6-4-3-5-7-20)17-18-8-10-19(11-9-18)22-16-23(24(25)26)28-27-22/h3-11,21,24H,2,12-17H2,1H3. The van der Waals surface area contributed by atoms with E-state index in [2.05, 4.69) is 68.7 Å². The third-order valence-electron chi connectivity index (χ3n) is 5.89. The third kappa shape index (κ3) is 5.28. The molecule has 0 aliphatic carbocycles. The van der Waals surface area contributed by atoms with E-state index in [0.717, 1.165) is 43.6 Å². The summed E-state index contributed by atoms with van der Waals surface area (Å²) in [6.45, 7) is 2.99. The summed E-state index contributed by atoms with van der Waals surface area (Å²) in [5.41, 5.74) is 3.63. The second-order valence-electron chi connectivity index (χ2n) is 8.09. The third-order valence-corrected chi connectivity index (χ3v) is 8.04. The average Bonchev–Trinajstić information content (AvgIpc) is 3.29. The molecule has 7 heteroatoms. The van der Waals surface area contributed by atoms with Crippen LogP contribution < -0.4 is 4.31 Å². The van der Waals surface area contributed by atoms with Crippen LogP contribution in [0.25, 0.3) is 0 Å². The van der Waals surface area contributed by atoms with Crippen LogP contribution in [-0.4, -0.2) is 54.0 Å². The highest BCUT2D eigenvalue weighted by atomic mass is 32.2. The van der Waals surface area contributed by atoms with Crippen molar-refractivity contribution in [1.82, 2.24) is 4.90 Å². The van der Waals surface area contributed by atoms with Gasteiger partial charge in [0, 0.05) is 17.4 Å². The highest BCUT2D eigenvalue weighted by Crippen LogP contribution is 2.36. The molecule has 0 saturated carbocycles. The van der Waals surface area contributed by atoms with Gasteiger partial charge in [-0.05, 0) is 56.2 Å². The summed E-state index contributed by atoms with van der Waals surface area (Å²) < 4.78 is 28.1. The van der Waals surface area contributed by atoms with Crippen LogP contribution in [0.4, 0.5) is 14.5 Å². The van der Waals surface area contributed by atoms with Crippen LogP contribution in [0.1, 0.15) is 30.4 Å².